The highest BCUT2D eigenvalue weighted by Crippen LogP contribution is 2.38. The molecule has 0 radical (unpaired) electrons. The largest absolute Gasteiger partial charge is 0.496 e. The van der Waals surface area contributed by atoms with E-state index in [4.69, 9.17) is 9.72 Å². The van der Waals surface area contributed by atoms with Crippen LogP contribution in [-0.2, 0) is 4.79 Å². The summed E-state index contributed by atoms with van der Waals surface area (Å²) in [5.74, 6) is 1.39. The average molecular weight is 427 g/mol. The van der Waals surface area contributed by atoms with E-state index in [0.29, 0.717) is 5.75 Å². The first-order valence-corrected chi connectivity index (χ1v) is 11.3. The molecule has 1 aliphatic rings. The number of hydrogen-bond acceptors (Lipinski definition) is 7. The van der Waals surface area contributed by atoms with Gasteiger partial charge < -0.3 is 9.64 Å². The van der Waals surface area contributed by atoms with Crippen molar-refractivity contribution in [1.82, 2.24) is 20.1 Å². The van der Waals surface area contributed by atoms with E-state index in [2.05, 4.69) is 10.2 Å². The fourth-order valence-electron chi connectivity index (χ4n) is 3.28. The van der Waals surface area contributed by atoms with Crippen LogP contribution in [0.1, 0.15) is 18.5 Å². The number of aryl methyl sites for hydroxylation is 1. The van der Waals surface area contributed by atoms with E-state index >= 15 is 0 Å². The van der Waals surface area contributed by atoms with E-state index in [1.54, 1.807) is 18.4 Å². The maximum Gasteiger partial charge on any atom is 0.232 e. The number of thiazole rings is 1. The van der Waals surface area contributed by atoms with Crippen molar-refractivity contribution >= 4 is 29.0 Å². The van der Waals surface area contributed by atoms with Crippen LogP contribution in [0, 0.1) is 6.92 Å². The molecule has 0 spiro atoms. The van der Waals surface area contributed by atoms with Crippen LogP contribution in [0.2, 0.25) is 0 Å². The minimum atomic E-state index is 0.179. The Morgan fingerprint density at radius 3 is 2.69 bits per heavy atom. The lowest BCUT2D eigenvalue weighted by atomic mass is 10.2. The summed E-state index contributed by atoms with van der Waals surface area (Å²) in [5, 5.41) is 10.3. The quantitative estimate of drug-likeness (QED) is 0.548. The normalized spacial score (nSPS) is 13.7. The molecule has 4 rings (SSSR count). The third kappa shape index (κ3) is 4.43. The topological polar surface area (TPSA) is 68.2 Å². The first kappa shape index (κ1) is 19.8. The second-order valence-corrected chi connectivity index (χ2v) is 8.76. The number of amides is 1. The molecule has 3 aromatic rings. The molecular formula is C21H22N4O2S2. The van der Waals surface area contributed by atoms with Gasteiger partial charge in [-0.15, -0.1) is 21.5 Å². The smallest absolute Gasteiger partial charge is 0.232 e. The Labute approximate surface area is 178 Å². The van der Waals surface area contributed by atoms with Crippen LogP contribution in [0.25, 0.3) is 21.1 Å². The summed E-state index contributed by atoms with van der Waals surface area (Å²) in [6.45, 7) is 3.73. The van der Waals surface area contributed by atoms with Gasteiger partial charge in [-0.05, 0) is 44.0 Å². The molecule has 6 nitrogen and oxygen atoms in total. The lowest BCUT2D eigenvalue weighted by Gasteiger charge is -2.14. The van der Waals surface area contributed by atoms with Crippen molar-refractivity contribution in [3.63, 3.8) is 0 Å². The molecule has 0 saturated carbocycles. The van der Waals surface area contributed by atoms with Gasteiger partial charge in [0.25, 0.3) is 0 Å². The Balaban J connectivity index is 1.48. The highest BCUT2D eigenvalue weighted by Gasteiger charge is 2.19. The molecule has 1 saturated heterocycles. The van der Waals surface area contributed by atoms with Gasteiger partial charge in [0, 0.05) is 13.1 Å². The first-order chi connectivity index (χ1) is 14.2. The molecule has 0 aliphatic carbocycles. The Morgan fingerprint density at radius 2 is 1.97 bits per heavy atom. The van der Waals surface area contributed by atoms with Crippen LogP contribution in [0.3, 0.4) is 0 Å². The number of carbonyl (C=O) groups excluding carboxylic acids is 1. The molecule has 2 aromatic heterocycles. The average Bonchev–Trinajstić information content (AvgIpc) is 3.42. The zero-order chi connectivity index (χ0) is 20.2. The number of rotatable bonds is 6. The van der Waals surface area contributed by atoms with E-state index in [1.807, 2.05) is 48.2 Å². The lowest BCUT2D eigenvalue weighted by Crippen LogP contribution is -2.29. The van der Waals surface area contributed by atoms with Gasteiger partial charge in [-0.3, -0.25) is 4.79 Å². The van der Waals surface area contributed by atoms with Crippen LogP contribution in [-0.4, -0.2) is 51.9 Å². The molecule has 0 atom stereocenters. The van der Waals surface area contributed by atoms with Gasteiger partial charge in [0.05, 0.1) is 29.0 Å². The molecule has 1 aromatic carbocycles. The number of ether oxygens (including phenoxy) is 1. The number of thioether (sulfide) groups is 1. The van der Waals surface area contributed by atoms with E-state index in [-0.39, 0.29) is 5.91 Å². The summed E-state index contributed by atoms with van der Waals surface area (Å²) >= 11 is 3.01. The number of likely N-dealkylation sites (tertiary alicyclic amines) is 1. The summed E-state index contributed by atoms with van der Waals surface area (Å²) in [5.41, 5.74) is 2.67. The fraction of sp³-hybridized carbons (Fsp3) is 0.333. The lowest BCUT2D eigenvalue weighted by molar-refractivity contribution is -0.127. The third-order valence-electron chi connectivity index (χ3n) is 4.81. The third-order valence-corrected chi connectivity index (χ3v) is 6.93. The highest BCUT2D eigenvalue weighted by molar-refractivity contribution is 7.99. The molecule has 29 heavy (non-hydrogen) atoms. The maximum absolute atomic E-state index is 12.2. The SMILES string of the molecule is COc1ccccc1-c1nc(C)c(-c2ccc(SCC(=O)N3CCCC3)nn2)s1. The van der Waals surface area contributed by atoms with Crippen LogP contribution >= 0.6 is 23.1 Å². The number of nitrogens with zero attached hydrogens (tertiary/aromatic N) is 4. The molecule has 1 aliphatic heterocycles. The predicted molar refractivity (Wildman–Crippen MR) is 116 cm³/mol. The van der Waals surface area contributed by atoms with Gasteiger partial charge >= 0.3 is 0 Å². The van der Waals surface area contributed by atoms with Gasteiger partial charge in [0.1, 0.15) is 21.5 Å². The standard InChI is InChI=1S/C21H22N4O2S2/c1-14-20(29-21(22-14)15-7-3-4-8-17(15)27-2)16-9-10-18(24-23-16)28-13-19(26)25-11-5-6-12-25/h3-4,7-10H,5-6,11-13H2,1-2H3. The number of aromatic nitrogens is 3. The van der Waals surface area contributed by atoms with Crippen molar-refractivity contribution in [2.45, 2.75) is 24.8 Å². The molecule has 8 heteroatoms. The predicted octanol–water partition coefficient (Wildman–Crippen LogP) is 4.30. The fourth-order valence-corrected chi connectivity index (χ4v) is 5.06. The van der Waals surface area contributed by atoms with Crippen molar-refractivity contribution in [2.75, 3.05) is 26.0 Å². The van der Waals surface area contributed by atoms with Gasteiger partial charge in [0.15, 0.2) is 0 Å². The minimum absolute atomic E-state index is 0.179. The summed E-state index contributed by atoms with van der Waals surface area (Å²) in [6, 6.07) is 11.7. The summed E-state index contributed by atoms with van der Waals surface area (Å²) < 4.78 is 5.46. The van der Waals surface area contributed by atoms with Gasteiger partial charge in [-0.2, -0.15) is 0 Å². The number of carbonyl (C=O) groups is 1. The number of benzene rings is 1. The van der Waals surface area contributed by atoms with Gasteiger partial charge in [0.2, 0.25) is 5.91 Å². The van der Waals surface area contributed by atoms with Crippen LogP contribution in [0.15, 0.2) is 41.4 Å². The number of methoxy groups -OCH3 is 1. The molecule has 0 bridgehead atoms. The monoisotopic (exact) mass is 426 g/mol. The minimum Gasteiger partial charge on any atom is -0.496 e. The summed E-state index contributed by atoms with van der Waals surface area (Å²) in [7, 11) is 1.66. The molecular weight excluding hydrogens is 404 g/mol. The van der Waals surface area contributed by atoms with Crippen LogP contribution < -0.4 is 4.74 Å². The molecule has 0 N–H and O–H groups in total. The molecule has 150 valence electrons. The van der Waals surface area contributed by atoms with Crippen molar-refractivity contribution < 1.29 is 9.53 Å². The van der Waals surface area contributed by atoms with Crippen molar-refractivity contribution in [3.8, 4) is 26.9 Å². The Hall–Kier alpha value is -2.45. The maximum atomic E-state index is 12.2. The van der Waals surface area contributed by atoms with E-state index < -0.39 is 0 Å². The van der Waals surface area contributed by atoms with E-state index in [0.717, 1.165) is 63.5 Å². The number of hydrogen-bond donors (Lipinski definition) is 0. The Kier molecular flexibility index (Phi) is 6.10. The summed E-state index contributed by atoms with van der Waals surface area (Å²) in [4.78, 5) is 19.8. The molecule has 0 unspecified atom stereocenters. The van der Waals surface area contributed by atoms with E-state index in [9.17, 15) is 4.79 Å². The van der Waals surface area contributed by atoms with Gasteiger partial charge in [-0.1, -0.05) is 23.9 Å². The second-order valence-electron chi connectivity index (χ2n) is 6.77. The van der Waals surface area contributed by atoms with Gasteiger partial charge in [-0.25, -0.2) is 4.98 Å². The number of para-hydroxylation sites is 1. The molecule has 3 heterocycles. The summed E-state index contributed by atoms with van der Waals surface area (Å²) in [6.07, 6.45) is 2.21. The van der Waals surface area contributed by atoms with Crippen molar-refractivity contribution in [3.05, 3.63) is 42.1 Å². The molecule has 1 amide bonds. The zero-order valence-corrected chi connectivity index (χ0v) is 18.1. The molecule has 1 fully saturated rings. The Morgan fingerprint density at radius 1 is 1.17 bits per heavy atom. The Bertz CT molecular complexity index is 998. The van der Waals surface area contributed by atoms with Crippen molar-refractivity contribution in [1.29, 1.82) is 0 Å². The van der Waals surface area contributed by atoms with E-state index in [1.165, 1.54) is 11.8 Å². The zero-order valence-electron chi connectivity index (χ0n) is 16.4. The first-order valence-electron chi connectivity index (χ1n) is 9.51. The highest BCUT2D eigenvalue weighted by atomic mass is 32.2. The van der Waals surface area contributed by atoms with Crippen molar-refractivity contribution in [2.24, 2.45) is 0 Å². The van der Waals surface area contributed by atoms with Crippen LogP contribution in [0.5, 0.6) is 5.75 Å². The van der Waals surface area contributed by atoms with Crippen LogP contribution in [0.4, 0.5) is 0 Å². The second kappa shape index (κ2) is 8.92.